The zero-order valence-corrected chi connectivity index (χ0v) is 9.20. The zero-order valence-electron chi connectivity index (χ0n) is 8.39. The first-order valence-corrected chi connectivity index (χ1v) is 6.41. The molecule has 15 heavy (non-hydrogen) atoms. The second-order valence-electron chi connectivity index (χ2n) is 3.17. The summed E-state index contributed by atoms with van der Waals surface area (Å²) in [6.07, 6.45) is 0.488. The van der Waals surface area contributed by atoms with Crippen molar-refractivity contribution in [2.45, 2.75) is 6.42 Å². The summed E-state index contributed by atoms with van der Waals surface area (Å²) in [6, 6.07) is 9.43. The van der Waals surface area contributed by atoms with Crippen LogP contribution in [-0.4, -0.2) is 32.4 Å². The van der Waals surface area contributed by atoms with Crippen LogP contribution in [0.25, 0.3) is 0 Å². The highest BCUT2D eigenvalue weighted by molar-refractivity contribution is 7.89. The van der Waals surface area contributed by atoms with Gasteiger partial charge in [0, 0.05) is 6.54 Å². The minimum absolute atomic E-state index is 0.0526. The molecule has 0 unspecified atom stereocenters. The van der Waals surface area contributed by atoms with E-state index in [9.17, 15) is 8.42 Å². The molecule has 0 spiro atoms. The molecule has 1 aromatic rings. The van der Waals surface area contributed by atoms with E-state index >= 15 is 0 Å². The quantitative estimate of drug-likeness (QED) is 0.729. The number of aliphatic hydroxyl groups excluding tert-OH is 1. The topological polar surface area (TPSA) is 66.4 Å². The van der Waals surface area contributed by atoms with E-state index in [0.29, 0.717) is 6.42 Å². The van der Waals surface area contributed by atoms with E-state index in [1.165, 1.54) is 0 Å². The Morgan fingerprint density at radius 1 is 1.20 bits per heavy atom. The molecule has 5 heteroatoms. The first-order chi connectivity index (χ1) is 7.14. The Hall–Kier alpha value is -0.910. The number of sulfonamides is 1. The molecule has 1 rings (SSSR count). The third-order valence-corrected chi connectivity index (χ3v) is 3.32. The van der Waals surface area contributed by atoms with Crippen LogP contribution in [0, 0.1) is 0 Å². The van der Waals surface area contributed by atoms with Crippen LogP contribution in [0.4, 0.5) is 0 Å². The van der Waals surface area contributed by atoms with Crippen molar-refractivity contribution in [2.24, 2.45) is 0 Å². The van der Waals surface area contributed by atoms with Crippen molar-refractivity contribution in [3.05, 3.63) is 35.9 Å². The predicted octanol–water partition coefficient (Wildman–Crippen LogP) is 0.141. The molecule has 0 aliphatic carbocycles. The summed E-state index contributed by atoms with van der Waals surface area (Å²) in [5, 5.41) is 8.49. The van der Waals surface area contributed by atoms with Gasteiger partial charge in [0.1, 0.15) is 0 Å². The molecule has 0 amide bonds. The molecule has 0 saturated carbocycles. The first kappa shape index (κ1) is 12.2. The van der Waals surface area contributed by atoms with E-state index in [1.807, 2.05) is 30.3 Å². The average Bonchev–Trinajstić information content (AvgIpc) is 2.25. The van der Waals surface area contributed by atoms with Gasteiger partial charge in [0.15, 0.2) is 0 Å². The zero-order chi connectivity index (χ0) is 11.1. The van der Waals surface area contributed by atoms with Crippen LogP contribution in [0.5, 0.6) is 0 Å². The van der Waals surface area contributed by atoms with Gasteiger partial charge >= 0.3 is 0 Å². The Morgan fingerprint density at radius 3 is 2.47 bits per heavy atom. The van der Waals surface area contributed by atoms with Crippen LogP contribution in [0.15, 0.2) is 30.3 Å². The lowest BCUT2D eigenvalue weighted by molar-refractivity contribution is 0.301. The van der Waals surface area contributed by atoms with Gasteiger partial charge in [0.2, 0.25) is 10.0 Å². The molecular formula is C10H15NO3S. The van der Waals surface area contributed by atoms with Gasteiger partial charge in [0.25, 0.3) is 0 Å². The second kappa shape index (κ2) is 5.85. The maximum Gasteiger partial charge on any atom is 0.211 e. The fourth-order valence-corrected chi connectivity index (χ4v) is 2.22. The molecule has 0 heterocycles. The molecule has 0 atom stereocenters. The van der Waals surface area contributed by atoms with E-state index in [2.05, 4.69) is 4.72 Å². The van der Waals surface area contributed by atoms with Gasteiger partial charge in [-0.15, -0.1) is 0 Å². The van der Waals surface area contributed by atoms with Crippen LogP contribution in [0.2, 0.25) is 0 Å². The van der Waals surface area contributed by atoms with E-state index < -0.39 is 10.0 Å². The molecule has 4 nitrogen and oxygen atoms in total. The van der Waals surface area contributed by atoms with Gasteiger partial charge in [-0.1, -0.05) is 30.3 Å². The van der Waals surface area contributed by atoms with Gasteiger partial charge in [-0.3, -0.25) is 0 Å². The molecule has 2 N–H and O–H groups in total. The van der Waals surface area contributed by atoms with E-state index in [4.69, 9.17) is 5.11 Å². The fraction of sp³-hybridized carbons (Fsp3) is 0.400. The van der Waals surface area contributed by atoms with Crippen molar-refractivity contribution >= 4 is 10.0 Å². The van der Waals surface area contributed by atoms with Crippen LogP contribution >= 0.6 is 0 Å². The van der Waals surface area contributed by atoms with Gasteiger partial charge in [-0.05, 0) is 12.0 Å². The Balaban J connectivity index is 2.43. The fourth-order valence-electron chi connectivity index (χ4n) is 1.17. The summed E-state index contributed by atoms with van der Waals surface area (Å²) < 4.78 is 25.0. The highest BCUT2D eigenvalue weighted by Crippen LogP contribution is 2.00. The predicted molar refractivity (Wildman–Crippen MR) is 59.0 cm³/mol. The molecule has 1 aromatic carbocycles. The van der Waals surface area contributed by atoms with Crippen LogP contribution in [-0.2, 0) is 16.4 Å². The smallest absolute Gasteiger partial charge is 0.211 e. The number of hydrogen-bond acceptors (Lipinski definition) is 3. The SMILES string of the molecule is O=S(=O)(CCc1ccccc1)NCCO. The standard InChI is InChI=1S/C10H15NO3S/c12-8-7-11-15(13,14)9-6-10-4-2-1-3-5-10/h1-5,11-12H,6-9H2. The molecule has 0 radical (unpaired) electrons. The van der Waals surface area contributed by atoms with Crippen LogP contribution in [0.3, 0.4) is 0 Å². The van der Waals surface area contributed by atoms with E-state index in [1.54, 1.807) is 0 Å². The minimum Gasteiger partial charge on any atom is -0.395 e. The lowest BCUT2D eigenvalue weighted by Gasteiger charge is -2.04. The van der Waals surface area contributed by atoms with Crippen LogP contribution in [0.1, 0.15) is 5.56 Å². The van der Waals surface area contributed by atoms with Crippen molar-refractivity contribution in [1.82, 2.24) is 4.72 Å². The van der Waals surface area contributed by atoms with Crippen molar-refractivity contribution in [3.63, 3.8) is 0 Å². The summed E-state index contributed by atoms with van der Waals surface area (Å²) in [7, 11) is -3.25. The van der Waals surface area contributed by atoms with Crippen molar-refractivity contribution in [1.29, 1.82) is 0 Å². The summed E-state index contributed by atoms with van der Waals surface area (Å²) in [6.45, 7) is -0.0955. The third kappa shape index (κ3) is 4.92. The highest BCUT2D eigenvalue weighted by atomic mass is 32.2. The monoisotopic (exact) mass is 229 g/mol. The van der Waals surface area contributed by atoms with Gasteiger partial charge in [-0.25, -0.2) is 13.1 Å². The Bertz CT molecular complexity index is 375. The molecular weight excluding hydrogens is 214 g/mol. The Morgan fingerprint density at radius 2 is 1.87 bits per heavy atom. The lowest BCUT2D eigenvalue weighted by atomic mass is 10.2. The number of aliphatic hydroxyl groups is 1. The Labute approximate surface area is 90.0 Å². The van der Waals surface area contributed by atoms with Gasteiger partial charge < -0.3 is 5.11 Å². The van der Waals surface area contributed by atoms with Crippen LogP contribution < -0.4 is 4.72 Å². The second-order valence-corrected chi connectivity index (χ2v) is 5.10. The summed E-state index contributed by atoms with van der Waals surface area (Å²) in [5.41, 5.74) is 0.992. The largest absolute Gasteiger partial charge is 0.395 e. The third-order valence-electron chi connectivity index (χ3n) is 1.94. The molecule has 84 valence electrons. The Kier molecular flexibility index (Phi) is 4.74. The van der Waals surface area contributed by atoms with Crippen molar-refractivity contribution in [3.8, 4) is 0 Å². The summed E-state index contributed by atoms with van der Waals surface area (Å²) in [4.78, 5) is 0. The summed E-state index contributed by atoms with van der Waals surface area (Å²) >= 11 is 0. The first-order valence-electron chi connectivity index (χ1n) is 4.76. The van der Waals surface area contributed by atoms with Crippen molar-refractivity contribution < 1.29 is 13.5 Å². The number of rotatable bonds is 6. The highest BCUT2D eigenvalue weighted by Gasteiger charge is 2.08. The molecule has 0 bridgehead atoms. The molecule has 0 saturated heterocycles. The average molecular weight is 229 g/mol. The molecule has 0 aromatic heterocycles. The molecule has 0 fully saturated rings. The lowest BCUT2D eigenvalue weighted by Crippen LogP contribution is -2.29. The number of hydrogen-bond donors (Lipinski definition) is 2. The van der Waals surface area contributed by atoms with E-state index in [-0.39, 0.29) is 18.9 Å². The number of nitrogens with one attached hydrogen (secondary N) is 1. The van der Waals surface area contributed by atoms with Crippen molar-refractivity contribution in [2.75, 3.05) is 18.9 Å². The number of benzene rings is 1. The van der Waals surface area contributed by atoms with Gasteiger partial charge in [-0.2, -0.15) is 0 Å². The maximum atomic E-state index is 11.3. The molecule has 0 aliphatic rings. The van der Waals surface area contributed by atoms with E-state index in [0.717, 1.165) is 5.56 Å². The maximum absolute atomic E-state index is 11.3. The molecule has 0 aliphatic heterocycles. The van der Waals surface area contributed by atoms with Gasteiger partial charge in [0.05, 0.1) is 12.4 Å². The normalized spacial score (nSPS) is 11.5. The number of aryl methyl sites for hydroxylation is 1. The summed E-state index contributed by atoms with van der Waals surface area (Å²) in [5.74, 6) is 0.0526. The minimum atomic E-state index is -3.25.